The van der Waals surface area contributed by atoms with Gasteiger partial charge < -0.3 is 10.6 Å². The fourth-order valence-electron chi connectivity index (χ4n) is 1.97. The molecule has 1 aliphatic heterocycles. The van der Waals surface area contributed by atoms with Crippen molar-refractivity contribution in [3.05, 3.63) is 33.3 Å². The summed E-state index contributed by atoms with van der Waals surface area (Å²) in [5.74, 6) is 0.372. The van der Waals surface area contributed by atoms with Crippen LogP contribution in [0.4, 0.5) is 0 Å². The number of likely N-dealkylation sites (tertiary alicyclic amines) is 1. The lowest BCUT2D eigenvalue weighted by atomic mass is 10.1. The number of carbonyl (C=O) groups is 1. The van der Waals surface area contributed by atoms with Crippen LogP contribution in [0.1, 0.15) is 17.3 Å². The predicted octanol–water partition coefficient (Wildman–Crippen LogP) is 2.52. The summed E-state index contributed by atoms with van der Waals surface area (Å²) in [6.45, 7) is 3.41. The molecule has 1 aromatic rings. The first kappa shape index (κ1) is 12.9. The number of hydrogen-bond donors (Lipinski definition) is 1. The van der Waals surface area contributed by atoms with Crippen LogP contribution >= 0.6 is 27.5 Å². The number of benzene rings is 1. The van der Waals surface area contributed by atoms with Gasteiger partial charge >= 0.3 is 0 Å². The van der Waals surface area contributed by atoms with Gasteiger partial charge in [0.15, 0.2) is 0 Å². The largest absolute Gasteiger partial charge is 0.337 e. The molecule has 0 bridgehead atoms. The van der Waals surface area contributed by atoms with Crippen LogP contribution in [-0.4, -0.2) is 29.9 Å². The van der Waals surface area contributed by atoms with Crippen molar-refractivity contribution in [3.8, 4) is 0 Å². The van der Waals surface area contributed by atoms with Crippen LogP contribution < -0.4 is 5.73 Å². The second-order valence-electron chi connectivity index (χ2n) is 4.48. The maximum Gasteiger partial charge on any atom is 0.253 e. The van der Waals surface area contributed by atoms with E-state index >= 15 is 0 Å². The second-order valence-corrected chi connectivity index (χ2v) is 5.74. The molecule has 0 radical (unpaired) electrons. The Morgan fingerprint density at radius 3 is 2.76 bits per heavy atom. The summed E-state index contributed by atoms with van der Waals surface area (Å²) in [5, 5.41) is 0.605. The van der Waals surface area contributed by atoms with E-state index in [-0.39, 0.29) is 11.9 Å². The van der Waals surface area contributed by atoms with Gasteiger partial charge in [0, 0.05) is 29.2 Å². The fraction of sp³-hybridized carbons (Fsp3) is 0.417. The third-order valence-electron chi connectivity index (χ3n) is 3.12. The third kappa shape index (κ3) is 2.64. The molecule has 5 heteroatoms. The van der Waals surface area contributed by atoms with Crippen LogP contribution in [0.3, 0.4) is 0 Å². The van der Waals surface area contributed by atoms with Crippen LogP contribution in [0, 0.1) is 5.92 Å². The van der Waals surface area contributed by atoms with Gasteiger partial charge in [-0.05, 0) is 40.0 Å². The second kappa shape index (κ2) is 4.96. The lowest BCUT2D eigenvalue weighted by Gasteiger charge is -2.16. The third-order valence-corrected chi connectivity index (χ3v) is 4.34. The Balaban J connectivity index is 2.17. The topological polar surface area (TPSA) is 46.3 Å². The lowest BCUT2D eigenvalue weighted by Crippen LogP contribution is -2.32. The summed E-state index contributed by atoms with van der Waals surface area (Å²) in [7, 11) is 0. The first-order chi connectivity index (χ1) is 7.99. The molecule has 1 saturated heterocycles. The van der Waals surface area contributed by atoms with Crippen LogP contribution in [0.2, 0.25) is 5.02 Å². The van der Waals surface area contributed by atoms with Gasteiger partial charge in [0.05, 0.1) is 5.02 Å². The molecule has 0 saturated carbocycles. The van der Waals surface area contributed by atoms with Crippen molar-refractivity contribution in [3.63, 3.8) is 0 Å². The number of halogens is 2. The molecule has 1 amide bonds. The fourth-order valence-corrected chi connectivity index (χ4v) is 2.47. The predicted molar refractivity (Wildman–Crippen MR) is 72.2 cm³/mol. The molecule has 17 heavy (non-hydrogen) atoms. The molecule has 1 aromatic carbocycles. The minimum Gasteiger partial charge on any atom is -0.337 e. The molecule has 1 fully saturated rings. The molecule has 1 heterocycles. The summed E-state index contributed by atoms with van der Waals surface area (Å²) >= 11 is 9.22. The zero-order chi connectivity index (χ0) is 12.6. The number of carbonyl (C=O) groups excluding carboxylic acids is 1. The Kier molecular flexibility index (Phi) is 3.76. The summed E-state index contributed by atoms with van der Waals surface area (Å²) in [6, 6.07) is 5.29. The Bertz CT molecular complexity index is 442. The highest BCUT2D eigenvalue weighted by atomic mass is 79.9. The first-order valence-corrected chi connectivity index (χ1v) is 6.66. The zero-order valence-corrected chi connectivity index (χ0v) is 11.8. The van der Waals surface area contributed by atoms with E-state index in [1.165, 1.54) is 0 Å². The molecule has 92 valence electrons. The monoisotopic (exact) mass is 316 g/mol. The first-order valence-electron chi connectivity index (χ1n) is 5.49. The molecule has 2 rings (SSSR count). The molecule has 0 spiro atoms. The van der Waals surface area contributed by atoms with Crippen molar-refractivity contribution in [2.45, 2.75) is 13.0 Å². The summed E-state index contributed by atoms with van der Waals surface area (Å²) in [5.41, 5.74) is 6.56. The van der Waals surface area contributed by atoms with Gasteiger partial charge in [0.1, 0.15) is 0 Å². The number of amides is 1. The van der Waals surface area contributed by atoms with Crippen molar-refractivity contribution in [2.24, 2.45) is 11.7 Å². The van der Waals surface area contributed by atoms with Crippen molar-refractivity contribution in [2.75, 3.05) is 13.1 Å². The minimum absolute atomic E-state index is 0.0159. The highest BCUT2D eigenvalue weighted by Crippen LogP contribution is 2.25. The molecule has 0 aromatic heterocycles. The average Bonchev–Trinajstić information content (AvgIpc) is 2.62. The van der Waals surface area contributed by atoms with Gasteiger partial charge in [0.2, 0.25) is 0 Å². The Labute approximate surface area is 114 Å². The van der Waals surface area contributed by atoms with Gasteiger partial charge in [0.25, 0.3) is 5.91 Å². The van der Waals surface area contributed by atoms with E-state index in [4.69, 9.17) is 17.3 Å². The maximum absolute atomic E-state index is 12.2. The van der Waals surface area contributed by atoms with E-state index < -0.39 is 0 Å². The van der Waals surface area contributed by atoms with Gasteiger partial charge in [-0.1, -0.05) is 18.5 Å². The van der Waals surface area contributed by atoms with Gasteiger partial charge in [-0.25, -0.2) is 0 Å². The Hall–Kier alpha value is -0.580. The van der Waals surface area contributed by atoms with E-state index in [9.17, 15) is 4.79 Å². The van der Waals surface area contributed by atoms with Crippen molar-refractivity contribution in [1.29, 1.82) is 0 Å². The smallest absolute Gasteiger partial charge is 0.253 e. The summed E-state index contributed by atoms with van der Waals surface area (Å²) < 4.78 is 0.738. The molecule has 2 N–H and O–H groups in total. The van der Waals surface area contributed by atoms with Crippen LogP contribution in [0.25, 0.3) is 0 Å². The summed E-state index contributed by atoms with van der Waals surface area (Å²) in [6.07, 6.45) is 0. The molecule has 2 atom stereocenters. The average molecular weight is 318 g/mol. The molecule has 1 aliphatic rings. The maximum atomic E-state index is 12.2. The van der Waals surface area contributed by atoms with Crippen molar-refractivity contribution in [1.82, 2.24) is 4.90 Å². The number of nitrogens with zero attached hydrogens (tertiary/aromatic N) is 1. The number of nitrogens with two attached hydrogens (primary N) is 1. The zero-order valence-electron chi connectivity index (χ0n) is 9.49. The van der Waals surface area contributed by atoms with E-state index in [0.717, 1.165) is 11.0 Å². The molecule has 3 nitrogen and oxygen atoms in total. The van der Waals surface area contributed by atoms with Crippen LogP contribution in [0.5, 0.6) is 0 Å². The lowest BCUT2D eigenvalue weighted by molar-refractivity contribution is 0.0787. The van der Waals surface area contributed by atoms with E-state index in [0.29, 0.717) is 23.0 Å². The standard InChI is InChI=1S/C12H14BrClN2O/c1-7-5-16(6-11(7)15)12(17)8-2-3-10(14)9(13)4-8/h2-4,7,11H,5-6,15H2,1H3. The van der Waals surface area contributed by atoms with Gasteiger partial charge in [-0.3, -0.25) is 4.79 Å². The van der Waals surface area contributed by atoms with Gasteiger partial charge in [-0.15, -0.1) is 0 Å². The quantitative estimate of drug-likeness (QED) is 0.865. The molecular formula is C12H14BrClN2O. The van der Waals surface area contributed by atoms with Crippen LogP contribution in [-0.2, 0) is 0 Å². The van der Waals surface area contributed by atoms with E-state index in [1.807, 2.05) is 0 Å². The van der Waals surface area contributed by atoms with Crippen molar-refractivity contribution >= 4 is 33.4 Å². The van der Waals surface area contributed by atoms with Crippen molar-refractivity contribution < 1.29 is 4.79 Å². The van der Waals surface area contributed by atoms with Gasteiger partial charge in [-0.2, -0.15) is 0 Å². The SMILES string of the molecule is CC1CN(C(=O)c2ccc(Cl)c(Br)c2)CC1N. The minimum atomic E-state index is 0.0159. The highest BCUT2D eigenvalue weighted by Gasteiger charge is 2.30. The van der Waals surface area contributed by atoms with E-state index in [1.54, 1.807) is 23.1 Å². The highest BCUT2D eigenvalue weighted by molar-refractivity contribution is 9.10. The summed E-state index contributed by atoms with van der Waals surface area (Å²) in [4.78, 5) is 14.0. The van der Waals surface area contributed by atoms with E-state index in [2.05, 4.69) is 22.9 Å². The normalized spacial score (nSPS) is 24.1. The molecule has 2 unspecified atom stereocenters. The Morgan fingerprint density at radius 2 is 2.24 bits per heavy atom. The number of hydrogen-bond acceptors (Lipinski definition) is 2. The van der Waals surface area contributed by atoms with Crippen LogP contribution in [0.15, 0.2) is 22.7 Å². The Morgan fingerprint density at radius 1 is 1.53 bits per heavy atom. The number of rotatable bonds is 1. The molecule has 0 aliphatic carbocycles. The molecular weight excluding hydrogens is 304 g/mol.